The van der Waals surface area contributed by atoms with Crippen LogP contribution < -0.4 is 5.32 Å². The zero-order valence-corrected chi connectivity index (χ0v) is 17.4. The van der Waals surface area contributed by atoms with E-state index in [0.29, 0.717) is 6.54 Å². The summed E-state index contributed by atoms with van der Waals surface area (Å²) in [4.78, 5) is 22.1. The minimum atomic E-state index is -0.548. The molecule has 7 heteroatoms. The van der Waals surface area contributed by atoms with Crippen molar-refractivity contribution in [2.24, 2.45) is 0 Å². The van der Waals surface area contributed by atoms with Crippen molar-refractivity contribution in [1.29, 1.82) is 0 Å². The maximum absolute atomic E-state index is 12.7. The third kappa shape index (κ3) is 4.36. The van der Waals surface area contributed by atoms with Gasteiger partial charge in [-0.3, -0.25) is 4.57 Å². The Kier molecular flexibility index (Phi) is 5.47. The second-order valence-electron chi connectivity index (χ2n) is 8.22. The molecule has 0 fully saturated rings. The smallest absolute Gasteiger partial charge is 0.419 e. The van der Waals surface area contributed by atoms with Crippen molar-refractivity contribution in [1.82, 2.24) is 19.4 Å². The molecular formula is C21H29N5O2. The van der Waals surface area contributed by atoms with Crippen LogP contribution in [0.5, 0.6) is 0 Å². The number of hydrogen-bond acceptors (Lipinski definition) is 5. The van der Waals surface area contributed by atoms with Crippen LogP contribution in [0.4, 0.5) is 10.7 Å². The van der Waals surface area contributed by atoms with Crippen LogP contribution in [0.3, 0.4) is 0 Å². The molecule has 2 aromatic heterocycles. The Morgan fingerprint density at radius 2 is 2.11 bits per heavy atom. The van der Waals surface area contributed by atoms with Gasteiger partial charge < -0.3 is 19.9 Å². The highest BCUT2D eigenvalue weighted by Crippen LogP contribution is 2.30. The Balaban J connectivity index is 1.99. The quantitative estimate of drug-likeness (QED) is 0.684. The summed E-state index contributed by atoms with van der Waals surface area (Å²) in [5, 5.41) is 4.31. The van der Waals surface area contributed by atoms with E-state index >= 15 is 0 Å². The number of anilines is 1. The van der Waals surface area contributed by atoms with Crippen molar-refractivity contribution in [3.8, 4) is 0 Å². The molecule has 1 aromatic carbocycles. The van der Waals surface area contributed by atoms with Crippen LogP contribution in [0.15, 0.2) is 36.8 Å². The van der Waals surface area contributed by atoms with Gasteiger partial charge in [0.05, 0.1) is 5.52 Å². The number of H-pyrrole nitrogens is 1. The highest BCUT2D eigenvalue weighted by Gasteiger charge is 2.23. The van der Waals surface area contributed by atoms with Crippen LogP contribution in [0.25, 0.3) is 10.9 Å². The second-order valence-corrected chi connectivity index (χ2v) is 8.22. The Morgan fingerprint density at radius 3 is 2.71 bits per heavy atom. The maximum Gasteiger partial charge on any atom is 0.419 e. The number of imidazole rings is 1. The van der Waals surface area contributed by atoms with Crippen molar-refractivity contribution < 1.29 is 9.53 Å². The molecule has 0 aliphatic carbocycles. The van der Waals surface area contributed by atoms with Crippen molar-refractivity contribution in [3.05, 3.63) is 47.9 Å². The van der Waals surface area contributed by atoms with E-state index in [9.17, 15) is 4.79 Å². The lowest BCUT2D eigenvalue weighted by molar-refractivity contribution is 0.0544. The number of nitrogens with zero attached hydrogens (tertiary/aromatic N) is 3. The van der Waals surface area contributed by atoms with Gasteiger partial charge in [-0.25, -0.2) is 9.78 Å². The van der Waals surface area contributed by atoms with Gasteiger partial charge in [0.2, 0.25) is 0 Å². The Bertz CT molecular complexity index is 951. The molecule has 1 atom stereocenters. The Morgan fingerprint density at radius 1 is 1.36 bits per heavy atom. The average Bonchev–Trinajstić information content (AvgIpc) is 3.25. The van der Waals surface area contributed by atoms with Crippen molar-refractivity contribution in [2.75, 3.05) is 19.4 Å². The zero-order chi connectivity index (χ0) is 20.5. The topological polar surface area (TPSA) is 75.2 Å². The van der Waals surface area contributed by atoms with E-state index in [-0.39, 0.29) is 12.1 Å². The lowest BCUT2D eigenvalue weighted by Gasteiger charge is -2.20. The van der Waals surface area contributed by atoms with Gasteiger partial charge in [-0.15, -0.1) is 0 Å². The summed E-state index contributed by atoms with van der Waals surface area (Å²) in [5.41, 5.74) is 2.50. The van der Waals surface area contributed by atoms with Crippen LogP contribution in [0, 0.1) is 0 Å². The number of carbonyl (C=O) groups excluding carboxylic acids is 1. The highest BCUT2D eigenvalue weighted by molar-refractivity contribution is 5.92. The number of carbonyl (C=O) groups is 1. The van der Waals surface area contributed by atoms with Gasteiger partial charge in [-0.1, -0.05) is 6.07 Å². The number of nitrogens with one attached hydrogen (secondary N) is 2. The van der Waals surface area contributed by atoms with Crippen LogP contribution in [-0.4, -0.2) is 45.2 Å². The fraction of sp³-hybridized carbons (Fsp3) is 0.429. The van der Waals surface area contributed by atoms with Gasteiger partial charge in [0.25, 0.3) is 0 Å². The molecule has 2 N–H and O–H groups in total. The van der Waals surface area contributed by atoms with E-state index in [2.05, 4.69) is 33.2 Å². The molecule has 0 saturated heterocycles. The Labute approximate surface area is 165 Å². The number of fused-ring (bicyclic) bond motifs is 1. The molecular weight excluding hydrogens is 354 g/mol. The van der Waals surface area contributed by atoms with E-state index in [4.69, 9.17) is 4.74 Å². The molecule has 3 rings (SSSR count). The number of benzene rings is 1. The van der Waals surface area contributed by atoms with Gasteiger partial charge in [-0.05, 0) is 65.0 Å². The first kappa shape index (κ1) is 19.9. The SMILES string of the molecule is CC(c1cn(C(=O)OC(C)(C)C)c2ccc(CNc3ncc[nH]3)cc12)N(C)C. The maximum atomic E-state index is 12.7. The molecule has 3 aromatic rings. The third-order valence-electron chi connectivity index (χ3n) is 4.67. The molecule has 0 aliphatic rings. The summed E-state index contributed by atoms with van der Waals surface area (Å²) in [6, 6.07) is 6.27. The molecule has 0 radical (unpaired) electrons. The first-order valence-corrected chi connectivity index (χ1v) is 9.42. The largest absolute Gasteiger partial charge is 0.443 e. The molecule has 1 unspecified atom stereocenters. The van der Waals surface area contributed by atoms with Crippen LogP contribution in [0.2, 0.25) is 0 Å². The minimum Gasteiger partial charge on any atom is -0.443 e. The summed E-state index contributed by atoms with van der Waals surface area (Å²) in [7, 11) is 4.06. The standard InChI is InChI=1S/C21H29N5O2/c1-14(25(5)6)17-13-26(20(27)28-21(2,3)4)18-8-7-15(11-16(17)18)12-24-19-22-9-10-23-19/h7-11,13-14H,12H2,1-6H3,(H2,22,23,24). The Hall–Kier alpha value is -2.80. The van der Waals surface area contributed by atoms with Gasteiger partial charge >= 0.3 is 6.09 Å². The summed E-state index contributed by atoms with van der Waals surface area (Å²) >= 11 is 0. The summed E-state index contributed by atoms with van der Waals surface area (Å²) in [5.74, 6) is 0.730. The molecule has 150 valence electrons. The first-order valence-electron chi connectivity index (χ1n) is 9.42. The molecule has 0 amide bonds. The minimum absolute atomic E-state index is 0.152. The number of hydrogen-bond donors (Lipinski definition) is 2. The van der Waals surface area contributed by atoms with E-state index in [1.54, 1.807) is 17.0 Å². The van der Waals surface area contributed by atoms with Crippen molar-refractivity contribution >= 4 is 22.9 Å². The summed E-state index contributed by atoms with van der Waals surface area (Å²) < 4.78 is 7.21. The third-order valence-corrected chi connectivity index (χ3v) is 4.67. The normalized spacial score (nSPS) is 13.1. The van der Waals surface area contributed by atoms with Gasteiger partial charge in [-0.2, -0.15) is 0 Å². The van der Waals surface area contributed by atoms with Crippen molar-refractivity contribution in [2.45, 2.75) is 45.9 Å². The fourth-order valence-corrected chi connectivity index (χ4v) is 3.03. The van der Waals surface area contributed by atoms with Gasteiger partial charge in [0.15, 0.2) is 5.95 Å². The van der Waals surface area contributed by atoms with E-state index in [1.165, 1.54) is 0 Å². The van der Waals surface area contributed by atoms with Gasteiger partial charge in [0.1, 0.15) is 5.60 Å². The summed E-state index contributed by atoms with van der Waals surface area (Å²) in [6.45, 7) is 8.38. The lowest BCUT2D eigenvalue weighted by Crippen LogP contribution is -2.26. The monoisotopic (exact) mass is 383 g/mol. The molecule has 0 bridgehead atoms. The number of aromatic nitrogens is 3. The van der Waals surface area contributed by atoms with Crippen LogP contribution in [-0.2, 0) is 11.3 Å². The predicted octanol–water partition coefficient (Wildman–Crippen LogP) is 4.38. The summed E-state index contributed by atoms with van der Waals surface area (Å²) in [6.07, 6.45) is 5.02. The zero-order valence-electron chi connectivity index (χ0n) is 17.4. The highest BCUT2D eigenvalue weighted by atomic mass is 16.6. The lowest BCUT2D eigenvalue weighted by atomic mass is 10.0. The van der Waals surface area contributed by atoms with Crippen LogP contribution >= 0.6 is 0 Å². The second kappa shape index (κ2) is 7.67. The molecule has 2 heterocycles. The van der Waals surface area contributed by atoms with E-state index < -0.39 is 5.60 Å². The number of rotatable bonds is 5. The molecule has 0 saturated carbocycles. The van der Waals surface area contributed by atoms with Gasteiger partial charge in [0, 0.05) is 36.6 Å². The first-order chi connectivity index (χ1) is 13.2. The van der Waals surface area contributed by atoms with Crippen LogP contribution in [0.1, 0.15) is 44.9 Å². The number of ether oxygens (including phenoxy) is 1. The number of aromatic amines is 1. The predicted molar refractivity (Wildman–Crippen MR) is 112 cm³/mol. The molecule has 0 aliphatic heterocycles. The average molecular weight is 383 g/mol. The molecule has 0 spiro atoms. The molecule has 28 heavy (non-hydrogen) atoms. The van der Waals surface area contributed by atoms with Crippen molar-refractivity contribution in [3.63, 3.8) is 0 Å². The van der Waals surface area contributed by atoms with E-state index in [1.807, 2.05) is 53.2 Å². The molecule has 7 nitrogen and oxygen atoms in total. The van der Waals surface area contributed by atoms with E-state index in [0.717, 1.165) is 28.0 Å². The fourth-order valence-electron chi connectivity index (χ4n) is 3.03.